The molecule has 8 heteroatoms. The molecule has 1 saturated heterocycles. The third-order valence-corrected chi connectivity index (χ3v) is 6.24. The van der Waals surface area contributed by atoms with E-state index in [9.17, 15) is 14.0 Å². The SMILES string of the molecule is NC(=O)C1CCCN1CC(=O)N(Cc1ccccc1)c1nc(-c2ccc(F)cc2)cs1. The van der Waals surface area contributed by atoms with Crippen LogP contribution in [0.2, 0.25) is 0 Å². The van der Waals surface area contributed by atoms with E-state index in [0.717, 1.165) is 17.5 Å². The van der Waals surface area contributed by atoms with Crippen molar-refractivity contribution in [2.75, 3.05) is 18.0 Å². The Labute approximate surface area is 184 Å². The van der Waals surface area contributed by atoms with Gasteiger partial charge in [-0.15, -0.1) is 11.3 Å². The Bertz CT molecular complexity index is 1050. The van der Waals surface area contributed by atoms with E-state index in [-0.39, 0.29) is 18.3 Å². The first-order valence-corrected chi connectivity index (χ1v) is 11.0. The number of primary amides is 1. The maximum Gasteiger partial charge on any atom is 0.243 e. The Morgan fingerprint density at radius 2 is 1.90 bits per heavy atom. The van der Waals surface area contributed by atoms with Crippen molar-refractivity contribution in [2.24, 2.45) is 5.73 Å². The molecule has 3 aromatic rings. The van der Waals surface area contributed by atoms with Crippen molar-refractivity contribution in [3.05, 3.63) is 71.4 Å². The predicted octanol–water partition coefficient (Wildman–Crippen LogP) is 3.43. The third kappa shape index (κ3) is 4.98. The number of thiazole rings is 1. The molecular weight excluding hydrogens is 415 g/mol. The fourth-order valence-electron chi connectivity index (χ4n) is 3.77. The Balaban J connectivity index is 1.59. The van der Waals surface area contributed by atoms with Gasteiger partial charge in [-0.1, -0.05) is 30.3 Å². The van der Waals surface area contributed by atoms with Gasteiger partial charge >= 0.3 is 0 Å². The molecule has 2 aromatic carbocycles. The summed E-state index contributed by atoms with van der Waals surface area (Å²) in [5.41, 5.74) is 7.95. The van der Waals surface area contributed by atoms with Crippen LogP contribution in [0.4, 0.5) is 9.52 Å². The third-order valence-electron chi connectivity index (χ3n) is 5.38. The van der Waals surface area contributed by atoms with Gasteiger partial charge in [-0.3, -0.25) is 19.4 Å². The van der Waals surface area contributed by atoms with Crippen LogP contribution in [0.1, 0.15) is 18.4 Å². The minimum absolute atomic E-state index is 0.103. The summed E-state index contributed by atoms with van der Waals surface area (Å²) in [5.74, 6) is -0.848. The van der Waals surface area contributed by atoms with E-state index in [1.54, 1.807) is 17.0 Å². The van der Waals surface area contributed by atoms with Crippen LogP contribution in [0.5, 0.6) is 0 Å². The standard InChI is InChI=1S/C23H23FN4O2S/c24-18-10-8-17(9-11-18)19-15-31-23(26-19)28(13-16-5-2-1-3-6-16)21(29)14-27-12-4-7-20(27)22(25)30/h1-3,5-6,8-11,15,20H,4,7,12-14H2,(H2,25,30). The summed E-state index contributed by atoms with van der Waals surface area (Å²) in [6.45, 7) is 1.13. The average molecular weight is 439 g/mol. The van der Waals surface area contributed by atoms with E-state index >= 15 is 0 Å². The van der Waals surface area contributed by atoms with Crippen molar-refractivity contribution < 1.29 is 14.0 Å². The van der Waals surface area contributed by atoms with E-state index in [0.29, 0.717) is 30.3 Å². The number of hydrogen-bond donors (Lipinski definition) is 1. The molecular formula is C23H23FN4O2S. The summed E-state index contributed by atoms with van der Waals surface area (Å²) in [5, 5.41) is 2.42. The summed E-state index contributed by atoms with van der Waals surface area (Å²) in [7, 11) is 0. The lowest BCUT2D eigenvalue weighted by Gasteiger charge is -2.26. The van der Waals surface area contributed by atoms with Crippen LogP contribution in [0.25, 0.3) is 11.3 Å². The van der Waals surface area contributed by atoms with Crippen LogP contribution in [-0.2, 0) is 16.1 Å². The molecule has 31 heavy (non-hydrogen) atoms. The first-order valence-electron chi connectivity index (χ1n) is 10.1. The summed E-state index contributed by atoms with van der Waals surface area (Å²) in [6, 6.07) is 15.4. The lowest BCUT2D eigenvalue weighted by atomic mass is 10.2. The summed E-state index contributed by atoms with van der Waals surface area (Å²) >= 11 is 1.36. The maximum absolute atomic E-state index is 13.3. The van der Waals surface area contributed by atoms with Gasteiger partial charge in [0.1, 0.15) is 5.82 Å². The van der Waals surface area contributed by atoms with Crippen LogP contribution in [-0.4, -0.2) is 40.8 Å². The van der Waals surface area contributed by atoms with Crippen molar-refractivity contribution in [1.29, 1.82) is 0 Å². The maximum atomic E-state index is 13.3. The number of likely N-dealkylation sites (tertiary alicyclic amines) is 1. The molecule has 2 amide bonds. The molecule has 0 aliphatic carbocycles. The molecule has 0 radical (unpaired) electrons. The highest BCUT2D eigenvalue weighted by atomic mass is 32.1. The van der Waals surface area contributed by atoms with Crippen LogP contribution >= 0.6 is 11.3 Å². The Kier molecular flexibility index (Phi) is 6.39. The second kappa shape index (κ2) is 9.36. The van der Waals surface area contributed by atoms with Gasteiger partial charge in [0.25, 0.3) is 0 Å². The van der Waals surface area contributed by atoms with E-state index in [1.807, 2.05) is 40.6 Å². The van der Waals surface area contributed by atoms with Crippen molar-refractivity contribution in [3.63, 3.8) is 0 Å². The quantitative estimate of drug-likeness (QED) is 0.613. The van der Waals surface area contributed by atoms with Crippen molar-refractivity contribution in [3.8, 4) is 11.3 Å². The molecule has 1 aromatic heterocycles. The number of anilines is 1. The van der Waals surface area contributed by atoms with Gasteiger partial charge in [0.2, 0.25) is 11.8 Å². The molecule has 2 heterocycles. The summed E-state index contributed by atoms with van der Waals surface area (Å²) in [6.07, 6.45) is 1.51. The number of hydrogen-bond acceptors (Lipinski definition) is 5. The summed E-state index contributed by atoms with van der Waals surface area (Å²) < 4.78 is 13.3. The molecule has 0 bridgehead atoms. The molecule has 1 unspecified atom stereocenters. The van der Waals surface area contributed by atoms with E-state index in [4.69, 9.17) is 5.73 Å². The minimum Gasteiger partial charge on any atom is -0.368 e. The van der Waals surface area contributed by atoms with Crippen LogP contribution in [0.3, 0.4) is 0 Å². The average Bonchev–Trinajstić information content (AvgIpc) is 3.43. The molecule has 1 atom stereocenters. The Morgan fingerprint density at radius 1 is 1.16 bits per heavy atom. The number of halogens is 1. The van der Waals surface area contributed by atoms with Crippen molar-refractivity contribution >= 4 is 28.3 Å². The number of carbonyl (C=O) groups excluding carboxylic acids is 2. The van der Waals surface area contributed by atoms with Gasteiger partial charge < -0.3 is 5.73 Å². The molecule has 0 saturated carbocycles. The fourth-order valence-corrected chi connectivity index (χ4v) is 4.62. The number of carbonyl (C=O) groups is 2. The zero-order valence-electron chi connectivity index (χ0n) is 16.9. The lowest BCUT2D eigenvalue weighted by Crippen LogP contribution is -2.46. The van der Waals surface area contributed by atoms with Crippen LogP contribution in [0.15, 0.2) is 60.0 Å². The van der Waals surface area contributed by atoms with Gasteiger partial charge in [0.15, 0.2) is 5.13 Å². The summed E-state index contributed by atoms with van der Waals surface area (Å²) in [4.78, 5) is 33.2. The molecule has 2 N–H and O–H groups in total. The van der Waals surface area contributed by atoms with E-state index in [1.165, 1.54) is 23.5 Å². The molecule has 1 fully saturated rings. The van der Waals surface area contributed by atoms with Gasteiger partial charge in [-0.05, 0) is 49.2 Å². The molecule has 160 valence electrons. The highest BCUT2D eigenvalue weighted by Gasteiger charge is 2.32. The highest BCUT2D eigenvalue weighted by molar-refractivity contribution is 7.14. The van der Waals surface area contributed by atoms with Gasteiger partial charge in [-0.2, -0.15) is 0 Å². The highest BCUT2D eigenvalue weighted by Crippen LogP contribution is 2.29. The normalized spacial score (nSPS) is 16.4. The second-order valence-electron chi connectivity index (χ2n) is 7.52. The second-order valence-corrected chi connectivity index (χ2v) is 8.36. The number of benzene rings is 2. The van der Waals surface area contributed by atoms with Crippen molar-refractivity contribution in [1.82, 2.24) is 9.88 Å². The van der Waals surface area contributed by atoms with E-state index < -0.39 is 11.9 Å². The lowest BCUT2D eigenvalue weighted by molar-refractivity contribution is -0.124. The zero-order valence-corrected chi connectivity index (χ0v) is 17.7. The molecule has 1 aliphatic heterocycles. The Hall–Kier alpha value is -3.10. The van der Waals surface area contributed by atoms with Gasteiger partial charge in [0.05, 0.1) is 24.8 Å². The van der Waals surface area contributed by atoms with Crippen molar-refractivity contribution in [2.45, 2.75) is 25.4 Å². The fraction of sp³-hybridized carbons (Fsp3) is 0.261. The topological polar surface area (TPSA) is 79.5 Å². The van der Waals surface area contributed by atoms with Crippen LogP contribution < -0.4 is 10.6 Å². The predicted molar refractivity (Wildman–Crippen MR) is 119 cm³/mol. The number of aromatic nitrogens is 1. The zero-order chi connectivity index (χ0) is 21.8. The largest absolute Gasteiger partial charge is 0.368 e. The minimum atomic E-state index is -0.409. The molecule has 1 aliphatic rings. The number of nitrogens with zero attached hydrogens (tertiary/aromatic N) is 3. The molecule has 0 spiro atoms. The first-order chi connectivity index (χ1) is 15.0. The van der Waals surface area contributed by atoms with Gasteiger partial charge in [0, 0.05) is 10.9 Å². The smallest absolute Gasteiger partial charge is 0.243 e. The number of nitrogens with two attached hydrogens (primary N) is 1. The number of rotatable bonds is 7. The van der Waals surface area contributed by atoms with E-state index in [2.05, 4.69) is 4.98 Å². The van der Waals surface area contributed by atoms with Gasteiger partial charge in [-0.25, -0.2) is 9.37 Å². The number of amides is 2. The van der Waals surface area contributed by atoms with Crippen LogP contribution in [0, 0.1) is 5.82 Å². The monoisotopic (exact) mass is 438 g/mol. The molecule has 4 rings (SSSR count). The Morgan fingerprint density at radius 3 is 2.61 bits per heavy atom. The first kappa shape index (κ1) is 21.1. The molecule has 6 nitrogen and oxygen atoms in total.